The topological polar surface area (TPSA) is 48.4 Å². The van der Waals surface area contributed by atoms with Gasteiger partial charge in [-0.05, 0) is 20.8 Å². The quantitative estimate of drug-likeness (QED) is 0.743. The lowest BCUT2D eigenvalue weighted by atomic mass is 9.74. The van der Waals surface area contributed by atoms with Crippen LogP contribution >= 0.6 is 11.3 Å². The van der Waals surface area contributed by atoms with Crippen LogP contribution in [0.5, 0.6) is 0 Å². The molecule has 0 bridgehead atoms. The molecule has 104 valence electrons. The molecule has 0 unspecified atom stereocenters. The Morgan fingerprint density at radius 2 is 2.26 bits per heavy atom. The average molecular weight is 281 g/mol. The van der Waals surface area contributed by atoms with Crippen molar-refractivity contribution in [2.45, 2.75) is 57.2 Å². The summed E-state index contributed by atoms with van der Waals surface area (Å²) < 4.78 is 11.5. The van der Waals surface area contributed by atoms with Crippen LogP contribution in [0.1, 0.15) is 49.7 Å². The van der Waals surface area contributed by atoms with Crippen molar-refractivity contribution in [3.8, 4) is 0 Å². The highest BCUT2D eigenvalue weighted by Crippen LogP contribution is 2.50. The molecule has 0 aromatic carbocycles. The SMILES string of the molecule is Cc1nc([C@@H]2CC(=O)O[C@@]23CCOC(C)(C)C3)cs1. The molecule has 1 aromatic heterocycles. The molecule has 4 nitrogen and oxygen atoms in total. The minimum absolute atomic E-state index is 0.0770. The number of ether oxygens (including phenoxy) is 2. The van der Waals surface area contributed by atoms with Crippen molar-refractivity contribution in [1.82, 2.24) is 4.98 Å². The third kappa shape index (κ3) is 2.30. The summed E-state index contributed by atoms with van der Waals surface area (Å²) in [5.74, 6) is -0.0264. The molecule has 2 atom stereocenters. The molecule has 3 heterocycles. The van der Waals surface area contributed by atoms with Crippen molar-refractivity contribution in [1.29, 1.82) is 0 Å². The van der Waals surface area contributed by atoms with Crippen LogP contribution in [0, 0.1) is 6.92 Å². The molecule has 1 aromatic rings. The average Bonchev–Trinajstić information content (AvgIpc) is 2.82. The fourth-order valence-corrected chi connectivity index (χ4v) is 4.02. The van der Waals surface area contributed by atoms with Crippen LogP contribution in [-0.2, 0) is 14.3 Å². The molecule has 19 heavy (non-hydrogen) atoms. The van der Waals surface area contributed by atoms with Crippen LogP contribution in [0.25, 0.3) is 0 Å². The van der Waals surface area contributed by atoms with Gasteiger partial charge in [0.25, 0.3) is 0 Å². The molecule has 1 spiro atoms. The van der Waals surface area contributed by atoms with E-state index in [2.05, 4.69) is 24.2 Å². The van der Waals surface area contributed by atoms with Gasteiger partial charge in [-0.2, -0.15) is 0 Å². The summed E-state index contributed by atoms with van der Waals surface area (Å²) in [6, 6.07) is 0. The van der Waals surface area contributed by atoms with E-state index in [1.165, 1.54) is 0 Å². The number of thiazole rings is 1. The first-order chi connectivity index (χ1) is 8.90. The van der Waals surface area contributed by atoms with E-state index in [1.807, 2.05) is 6.92 Å². The highest BCUT2D eigenvalue weighted by molar-refractivity contribution is 7.09. The molecule has 0 aliphatic carbocycles. The van der Waals surface area contributed by atoms with Crippen LogP contribution in [0.4, 0.5) is 0 Å². The van der Waals surface area contributed by atoms with Crippen LogP contribution in [0.2, 0.25) is 0 Å². The lowest BCUT2D eigenvalue weighted by Gasteiger charge is -2.43. The van der Waals surface area contributed by atoms with Gasteiger partial charge in [0.1, 0.15) is 5.60 Å². The summed E-state index contributed by atoms with van der Waals surface area (Å²) in [5.41, 5.74) is 0.344. The van der Waals surface area contributed by atoms with Crippen LogP contribution in [-0.4, -0.2) is 28.8 Å². The molecule has 0 N–H and O–H groups in total. The van der Waals surface area contributed by atoms with Gasteiger partial charge in [-0.1, -0.05) is 0 Å². The number of hydrogen-bond donors (Lipinski definition) is 0. The smallest absolute Gasteiger partial charge is 0.307 e. The molecule has 0 saturated carbocycles. The zero-order valence-electron chi connectivity index (χ0n) is 11.6. The first-order valence-corrected chi connectivity index (χ1v) is 7.56. The van der Waals surface area contributed by atoms with Crippen molar-refractivity contribution < 1.29 is 14.3 Å². The molecule has 2 aliphatic heterocycles. The first kappa shape index (κ1) is 13.1. The summed E-state index contributed by atoms with van der Waals surface area (Å²) in [7, 11) is 0. The maximum atomic E-state index is 11.8. The fraction of sp³-hybridized carbons (Fsp3) is 0.714. The van der Waals surface area contributed by atoms with Crippen molar-refractivity contribution in [3.05, 3.63) is 16.1 Å². The Balaban J connectivity index is 1.96. The standard InChI is InChI=1S/C14H19NO3S/c1-9-15-11(7-19-9)10-6-12(16)18-14(10)4-5-17-13(2,3)8-14/h7,10H,4-6,8H2,1-3H3/t10-,14+/m0/s1. The van der Waals surface area contributed by atoms with E-state index in [0.29, 0.717) is 13.0 Å². The van der Waals surface area contributed by atoms with E-state index in [9.17, 15) is 4.79 Å². The van der Waals surface area contributed by atoms with Gasteiger partial charge >= 0.3 is 5.97 Å². The highest BCUT2D eigenvalue weighted by Gasteiger charge is 2.55. The van der Waals surface area contributed by atoms with Gasteiger partial charge in [-0.3, -0.25) is 4.79 Å². The number of aryl methyl sites for hydroxylation is 1. The third-order valence-corrected chi connectivity index (χ3v) is 4.85. The zero-order chi connectivity index (χ0) is 13.7. The normalized spacial score (nSPS) is 33.6. The Morgan fingerprint density at radius 3 is 2.89 bits per heavy atom. The number of carbonyl (C=O) groups excluding carboxylic acids is 1. The van der Waals surface area contributed by atoms with Gasteiger partial charge in [-0.15, -0.1) is 11.3 Å². The summed E-state index contributed by atoms with van der Waals surface area (Å²) in [5, 5.41) is 3.10. The van der Waals surface area contributed by atoms with Gasteiger partial charge in [-0.25, -0.2) is 4.98 Å². The lowest BCUT2D eigenvalue weighted by Crippen LogP contribution is -2.48. The summed E-state index contributed by atoms with van der Waals surface area (Å²) in [4.78, 5) is 16.4. The molecule has 2 aliphatic rings. The Labute approximate surface area is 117 Å². The molecule has 0 amide bonds. The molecule has 2 fully saturated rings. The Kier molecular flexibility index (Phi) is 2.94. The van der Waals surface area contributed by atoms with Gasteiger partial charge < -0.3 is 9.47 Å². The van der Waals surface area contributed by atoms with Crippen molar-refractivity contribution in [2.24, 2.45) is 0 Å². The monoisotopic (exact) mass is 281 g/mol. The van der Waals surface area contributed by atoms with Gasteiger partial charge in [0, 0.05) is 18.2 Å². The second kappa shape index (κ2) is 4.28. The third-order valence-electron chi connectivity index (χ3n) is 4.06. The predicted octanol–water partition coefficient (Wildman–Crippen LogP) is 2.81. The number of esters is 1. The van der Waals surface area contributed by atoms with E-state index in [1.54, 1.807) is 11.3 Å². The molecule has 3 rings (SSSR count). The lowest BCUT2D eigenvalue weighted by molar-refractivity contribution is -0.174. The molecule has 2 saturated heterocycles. The number of hydrogen-bond acceptors (Lipinski definition) is 5. The summed E-state index contributed by atoms with van der Waals surface area (Å²) >= 11 is 1.63. The van der Waals surface area contributed by atoms with E-state index in [-0.39, 0.29) is 17.5 Å². The van der Waals surface area contributed by atoms with Gasteiger partial charge in [0.05, 0.1) is 35.2 Å². The van der Waals surface area contributed by atoms with Crippen molar-refractivity contribution in [2.75, 3.05) is 6.61 Å². The minimum atomic E-state index is -0.417. The highest BCUT2D eigenvalue weighted by atomic mass is 32.1. The molecular weight excluding hydrogens is 262 g/mol. The Morgan fingerprint density at radius 1 is 1.47 bits per heavy atom. The van der Waals surface area contributed by atoms with Gasteiger partial charge in [0.15, 0.2) is 0 Å². The maximum Gasteiger partial charge on any atom is 0.307 e. The summed E-state index contributed by atoms with van der Waals surface area (Å²) in [6.45, 7) is 6.75. The van der Waals surface area contributed by atoms with Gasteiger partial charge in [0.2, 0.25) is 0 Å². The Hall–Kier alpha value is -0.940. The number of aromatic nitrogens is 1. The minimum Gasteiger partial charge on any atom is -0.458 e. The van der Waals surface area contributed by atoms with Crippen LogP contribution < -0.4 is 0 Å². The molecule has 0 radical (unpaired) electrons. The zero-order valence-corrected chi connectivity index (χ0v) is 12.4. The second-order valence-corrected chi connectivity index (χ2v) is 7.18. The number of rotatable bonds is 1. The maximum absolute atomic E-state index is 11.8. The fourth-order valence-electron chi connectivity index (χ4n) is 3.35. The predicted molar refractivity (Wildman–Crippen MR) is 72.3 cm³/mol. The second-order valence-electron chi connectivity index (χ2n) is 6.12. The van der Waals surface area contributed by atoms with E-state index < -0.39 is 5.60 Å². The number of nitrogens with zero attached hydrogens (tertiary/aromatic N) is 1. The van der Waals surface area contributed by atoms with Crippen molar-refractivity contribution in [3.63, 3.8) is 0 Å². The van der Waals surface area contributed by atoms with Crippen molar-refractivity contribution >= 4 is 17.3 Å². The van der Waals surface area contributed by atoms with Crippen LogP contribution in [0.3, 0.4) is 0 Å². The first-order valence-electron chi connectivity index (χ1n) is 6.68. The molecule has 5 heteroatoms. The summed E-state index contributed by atoms with van der Waals surface area (Å²) in [6.07, 6.45) is 1.95. The Bertz CT molecular complexity index is 511. The number of carbonyl (C=O) groups is 1. The van der Waals surface area contributed by atoms with E-state index in [4.69, 9.17) is 9.47 Å². The molecular formula is C14H19NO3S. The van der Waals surface area contributed by atoms with Crippen LogP contribution in [0.15, 0.2) is 5.38 Å². The largest absolute Gasteiger partial charge is 0.458 e. The van der Waals surface area contributed by atoms with E-state index in [0.717, 1.165) is 23.5 Å². The van der Waals surface area contributed by atoms with E-state index >= 15 is 0 Å².